The van der Waals surface area contributed by atoms with E-state index in [1.165, 1.54) is 54.6 Å². The number of anilines is 5. The Labute approximate surface area is 426 Å². The highest BCUT2D eigenvalue weighted by molar-refractivity contribution is 8.00. The minimum atomic E-state index is 0.0944. The van der Waals surface area contributed by atoms with Crippen molar-refractivity contribution in [1.29, 1.82) is 0 Å². The van der Waals surface area contributed by atoms with Crippen LogP contribution in [-0.4, -0.2) is 5.25 Å². The average Bonchev–Trinajstić information content (AvgIpc) is 4.17. The number of para-hydroxylation sites is 4. The van der Waals surface area contributed by atoms with Crippen LogP contribution in [-0.2, 0) is 0 Å². The highest BCUT2D eigenvalue weighted by Crippen LogP contribution is 2.59. The van der Waals surface area contributed by atoms with Crippen LogP contribution in [0.3, 0.4) is 0 Å². The van der Waals surface area contributed by atoms with E-state index in [-0.39, 0.29) is 11.2 Å². The SMILES string of the molecule is C1=C(N(c2ccc(-c3ccccc3)cc2)c2cccc3c2oc2ccccc23)c2ccccc2C2c3c(cc(N(c4ccc(-c5ccccc5)cc4)c4cccc5c4oc4ccccc45)c4ccccc34)SC12. The van der Waals surface area contributed by atoms with E-state index in [0.717, 1.165) is 78.0 Å². The molecule has 3 heterocycles. The fourth-order valence-electron chi connectivity index (χ4n) is 11.7. The van der Waals surface area contributed by atoms with E-state index >= 15 is 0 Å². The minimum absolute atomic E-state index is 0.0944. The third-order valence-electron chi connectivity index (χ3n) is 15.0. The summed E-state index contributed by atoms with van der Waals surface area (Å²) in [6.45, 7) is 0. The Morgan fingerprint density at radius 1 is 0.356 bits per heavy atom. The molecule has 2 aliphatic rings. The van der Waals surface area contributed by atoms with Crippen LogP contribution in [0.2, 0.25) is 0 Å². The molecular weight excluding hydrogens is 909 g/mol. The zero-order valence-electron chi connectivity index (χ0n) is 39.5. The summed E-state index contributed by atoms with van der Waals surface area (Å²) in [6, 6.07) is 89.7. The second kappa shape index (κ2) is 16.8. The number of hydrogen-bond donors (Lipinski definition) is 0. The van der Waals surface area contributed by atoms with Crippen LogP contribution in [0.15, 0.2) is 269 Å². The van der Waals surface area contributed by atoms with Gasteiger partial charge in [-0.3, -0.25) is 0 Å². The van der Waals surface area contributed by atoms with Gasteiger partial charge in [-0.2, -0.15) is 0 Å². The third kappa shape index (κ3) is 6.70. The summed E-state index contributed by atoms with van der Waals surface area (Å²) >= 11 is 1.97. The monoisotopic (exact) mass is 952 g/mol. The van der Waals surface area contributed by atoms with Gasteiger partial charge in [0.05, 0.1) is 22.8 Å². The molecule has 13 aromatic rings. The molecule has 11 aromatic carbocycles. The van der Waals surface area contributed by atoms with Gasteiger partial charge < -0.3 is 18.6 Å². The predicted octanol–water partition coefficient (Wildman–Crippen LogP) is 19.2. The van der Waals surface area contributed by atoms with E-state index in [0.29, 0.717) is 0 Å². The Morgan fingerprint density at radius 2 is 0.822 bits per heavy atom. The number of thioether (sulfide) groups is 1. The van der Waals surface area contributed by atoms with Gasteiger partial charge in [-0.1, -0.05) is 194 Å². The van der Waals surface area contributed by atoms with E-state index in [1.54, 1.807) is 0 Å². The van der Waals surface area contributed by atoms with Crippen molar-refractivity contribution < 1.29 is 8.83 Å². The first kappa shape index (κ1) is 41.7. The van der Waals surface area contributed by atoms with Crippen molar-refractivity contribution in [3.05, 3.63) is 271 Å². The van der Waals surface area contributed by atoms with Gasteiger partial charge in [0.15, 0.2) is 11.2 Å². The van der Waals surface area contributed by atoms with E-state index < -0.39 is 0 Å². The molecule has 0 fully saturated rings. The van der Waals surface area contributed by atoms with Crippen molar-refractivity contribution in [3.63, 3.8) is 0 Å². The van der Waals surface area contributed by atoms with Crippen LogP contribution in [0, 0.1) is 0 Å². The number of nitrogens with zero attached hydrogens (tertiary/aromatic N) is 2. The van der Waals surface area contributed by atoms with Crippen LogP contribution in [0.25, 0.3) is 82.6 Å². The van der Waals surface area contributed by atoms with Crippen LogP contribution < -0.4 is 9.80 Å². The number of hydrogen-bond acceptors (Lipinski definition) is 5. The smallest absolute Gasteiger partial charge is 0.159 e. The van der Waals surface area contributed by atoms with Gasteiger partial charge >= 0.3 is 0 Å². The van der Waals surface area contributed by atoms with Crippen molar-refractivity contribution in [2.75, 3.05) is 9.80 Å². The quantitative estimate of drug-likeness (QED) is 0.152. The number of fused-ring (bicyclic) bond motifs is 13. The molecule has 2 atom stereocenters. The molecule has 0 radical (unpaired) electrons. The molecule has 1 aliphatic carbocycles. The molecule has 344 valence electrons. The minimum Gasteiger partial charge on any atom is -0.454 e. The van der Waals surface area contributed by atoms with E-state index in [2.05, 4.69) is 259 Å². The van der Waals surface area contributed by atoms with E-state index in [9.17, 15) is 0 Å². The number of benzene rings is 11. The summed E-state index contributed by atoms with van der Waals surface area (Å²) in [4.78, 5) is 6.14. The van der Waals surface area contributed by atoms with Gasteiger partial charge in [-0.15, -0.1) is 11.8 Å². The largest absolute Gasteiger partial charge is 0.454 e. The first-order valence-corrected chi connectivity index (χ1v) is 25.8. The molecular formula is C68H44N2O2S. The average molecular weight is 953 g/mol. The zero-order valence-corrected chi connectivity index (χ0v) is 40.3. The van der Waals surface area contributed by atoms with Crippen molar-refractivity contribution in [2.24, 2.45) is 0 Å². The summed E-state index contributed by atoms with van der Waals surface area (Å²) in [5.74, 6) is 0.112. The topological polar surface area (TPSA) is 32.8 Å². The molecule has 0 saturated carbocycles. The number of rotatable bonds is 8. The fraction of sp³-hybridized carbons (Fsp3) is 0.0294. The van der Waals surface area contributed by atoms with Crippen LogP contribution in [0.4, 0.5) is 28.4 Å². The summed E-state index contributed by atoms with van der Waals surface area (Å²) in [6.07, 6.45) is 2.54. The molecule has 73 heavy (non-hydrogen) atoms. The normalized spacial score (nSPS) is 14.9. The maximum Gasteiger partial charge on any atom is 0.159 e. The Bertz CT molecular complexity index is 4310. The Kier molecular flexibility index (Phi) is 9.60. The Hall–Kier alpha value is -9.03. The highest BCUT2D eigenvalue weighted by Gasteiger charge is 2.42. The van der Waals surface area contributed by atoms with Crippen LogP contribution in [0.5, 0.6) is 0 Å². The van der Waals surface area contributed by atoms with Gasteiger partial charge in [0, 0.05) is 59.9 Å². The van der Waals surface area contributed by atoms with Crippen molar-refractivity contribution in [2.45, 2.75) is 16.1 Å². The lowest BCUT2D eigenvalue weighted by atomic mass is 9.78. The van der Waals surface area contributed by atoms with E-state index in [1.807, 2.05) is 17.8 Å². The van der Waals surface area contributed by atoms with Gasteiger partial charge in [0.1, 0.15) is 11.2 Å². The molecule has 0 bridgehead atoms. The van der Waals surface area contributed by atoms with Crippen LogP contribution in [0.1, 0.15) is 22.6 Å². The third-order valence-corrected chi connectivity index (χ3v) is 16.3. The molecule has 2 unspecified atom stereocenters. The second-order valence-corrected chi connectivity index (χ2v) is 20.3. The number of furan rings is 2. The summed E-state index contributed by atoms with van der Waals surface area (Å²) < 4.78 is 13.7. The maximum absolute atomic E-state index is 6.84. The molecule has 5 heteroatoms. The molecule has 2 aromatic heterocycles. The maximum atomic E-state index is 6.84. The van der Waals surface area contributed by atoms with Gasteiger partial charge in [0.25, 0.3) is 0 Å². The Balaban J connectivity index is 0.925. The molecule has 0 saturated heterocycles. The first-order valence-electron chi connectivity index (χ1n) is 25.0. The van der Waals surface area contributed by atoms with Crippen LogP contribution >= 0.6 is 11.8 Å². The molecule has 0 amide bonds. The summed E-state index contributed by atoms with van der Waals surface area (Å²) in [5, 5.41) is 6.95. The molecule has 0 spiro atoms. The van der Waals surface area contributed by atoms with Gasteiger partial charge in [0.2, 0.25) is 0 Å². The summed E-state index contributed by atoms with van der Waals surface area (Å²) in [7, 11) is 0. The molecule has 15 rings (SSSR count). The standard InChI is InChI=1S/C68H44N2O2S/c1-3-17-43(18-4-1)45-33-37-47(38-34-45)69(57-29-15-27-55-51-23-11-13-31-61(51)71-67(55)57)59-41-63-65(53-25-9-7-21-49(53)59)66-54-26-10-8-22-50(54)60(42-64(66)73-63)70(48-39-35-46(36-40-48)44-19-5-2-6-20-44)58-30-16-28-56-52-24-12-14-32-62(52)72-68(56)58/h1-42,63,65H. The summed E-state index contributed by atoms with van der Waals surface area (Å²) in [5.41, 5.74) is 18.5. The second-order valence-electron chi connectivity index (χ2n) is 19.1. The highest BCUT2D eigenvalue weighted by atomic mass is 32.2. The molecule has 1 aliphatic heterocycles. The van der Waals surface area contributed by atoms with Gasteiger partial charge in [-0.05, 0) is 99.4 Å². The molecule has 0 N–H and O–H groups in total. The lowest BCUT2D eigenvalue weighted by Gasteiger charge is -2.35. The zero-order chi connectivity index (χ0) is 48.0. The van der Waals surface area contributed by atoms with Crippen molar-refractivity contribution >= 4 is 101 Å². The van der Waals surface area contributed by atoms with Crippen molar-refractivity contribution in [3.8, 4) is 22.3 Å². The predicted molar refractivity (Wildman–Crippen MR) is 305 cm³/mol. The van der Waals surface area contributed by atoms with Crippen molar-refractivity contribution in [1.82, 2.24) is 0 Å². The Morgan fingerprint density at radius 3 is 1.42 bits per heavy atom. The lowest BCUT2D eigenvalue weighted by Crippen LogP contribution is -2.24. The van der Waals surface area contributed by atoms with Gasteiger partial charge in [-0.25, -0.2) is 0 Å². The first-order chi connectivity index (χ1) is 36.2. The van der Waals surface area contributed by atoms with E-state index in [4.69, 9.17) is 8.83 Å². The lowest BCUT2D eigenvalue weighted by molar-refractivity contribution is 0.668. The fourth-order valence-corrected chi connectivity index (χ4v) is 13.2. The molecule has 4 nitrogen and oxygen atoms in total.